The van der Waals surface area contributed by atoms with E-state index < -0.39 is 38.7 Å². The second-order valence-corrected chi connectivity index (χ2v) is 11.8. The summed E-state index contributed by atoms with van der Waals surface area (Å²) in [4.78, 5) is 23.8. The van der Waals surface area contributed by atoms with Crippen LogP contribution in [-0.2, 0) is 19.0 Å². The van der Waals surface area contributed by atoms with E-state index in [2.05, 4.69) is 0 Å². The molecular weight excluding hydrogens is 511 g/mol. The van der Waals surface area contributed by atoms with E-state index in [1.807, 2.05) is 77.9 Å². The van der Waals surface area contributed by atoms with Gasteiger partial charge in [-0.2, -0.15) is 0 Å². The number of hydrogen-bond donors (Lipinski definition) is 0. The molecule has 0 N–H and O–H groups in total. The van der Waals surface area contributed by atoms with Crippen molar-refractivity contribution in [2.75, 3.05) is 13.4 Å². The topological polar surface area (TPSA) is 71.1 Å². The average Bonchev–Trinajstić information content (AvgIpc) is 2.65. The molecule has 0 bridgehead atoms. The third kappa shape index (κ3) is 10.1. The Bertz CT molecular complexity index is 861. The van der Waals surface area contributed by atoms with E-state index >= 15 is 0 Å². The summed E-state index contributed by atoms with van der Waals surface area (Å²) in [5.41, 5.74) is -0.386. The Morgan fingerprint density at radius 1 is 0.806 bits per heavy atom. The van der Waals surface area contributed by atoms with E-state index in [1.54, 1.807) is 12.1 Å². The molecule has 6 nitrogen and oxygen atoms in total. The number of halogens is 1. The van der Waals surface area contributed by atoms with Gasteiger partial charge < -0.3 is 0 Å². The molecule has 2 aromatic carbocycles. The van der Waals surface area contributed by atoms with E-state index in [-0.39, 0.29) is 19.0 Å². The number of esters is 2. The molecule has 170 valence electrons. The predicted octanol–water partition coefficient (Wildman–Crippen LogP) is 1.46. The van der Waals surface area contributed by atoms with Crippen molar-refractivity contribution in [2.45, 2.75) is 52.7 Å². The summed E-state index contributed by atoms with van der Waals surface area (Å²) in [6.45, 7) is 11.0. The summed E-state index contributed by atoms with van der Waals surface area (Å²) >= 11 is -0.410. The fourth-order valence-electron chi connectivity index (χ4n) is 2.23. The maximum absolute atomic E-state index is 12.1. The summed E-state index contributed by atoms with van der Waals surface area (Å²) < 4.78 is 23.6. The molecule has 0 radical (unpaired) electrons. The molecule has 0 aliphatic rings. The Kier molecular flexibility index (Phi) is 8.88. The van der Waals surface area contributed by atoms with E-state index in [0.29, 0.717) is 11.3 Å². The Balaban J connectivity index is 1.83. The van der Waals surface area contributed by atoms with Crippen molar-refractivity contribution < 1.29 is 49.7 Å². The van der Waals surface area contributed by atoms with Crippen LogP contribution in [0.4, 0.5) is 0 Å². The van der Waals surface area contributed by atoms with Crippen LogP contribution >= 0.6 is 0 Å². The number of hydrogen-bond acceptors (Lipinski definition) is 6. The molecule has 0 saturated heterocycles. The summed E-state index contributed by atoms with van der Waals surface area (Å²) in [5, 5.41) is 0. The molecule has 0 aliphatic heterocycles. The van der Waals surface area contributed by atoms with Crippen LogP contribution in [0.15, 0.2) is 48.5 Å². The van der Waals surface area contributed by atoms with Gasteiger partial charge in [-0.15, -0.1) is 0 Å². The van der Waals surface area contributed by atoms with Crippen molar-refractivity contribution in [3.8, 4) is 5.75 Å². The molecule has 0 aliphatic carbocycles. The number of carbonyl (C=O) groups excluding carboxylic acids is 2. The summed E-state index contributed by atoms with van der Waals surface area (Å²) in [6.07, 6.45) is 0. The maximum atomic E-state index is 12.1. The Morgan fingerprint density at radius 3 is 1.87 bits per heavy atom. The zero-order valence-electron chi connectivity index (χ0n) is 18.9. The zero-order chi connectivity index (χ0) is 23.1. The molecule has 0 spiro atoms. The third-order valence-corrected chi connectivity index (χ3v) is 6.25. The van der Waals surface area contributed by atoms with Crippen LogP contribution in [-0.4, -0.2) is 36.5 Å². The summed E-state index contributed by atoms with van der Waals surface area (Å²) in [7, 11) is 0. The Morgan fingerprint density at radius 2 is 1.35 bits per heavy atom. The molecule has 0 fully saturated rings. The molecule has 2 rings (SSSR count). The monoisotopic (exact) mass is 541 g/mol. The normalized spacial score (nSPS) is 11.8. The van der Waals surface area contributed by atoms with Gasteiger partial charge in [0.05, 0.1) is 0 Å². The molecular formula is C24H30IO6-. The fourth-order valence-corrected chi connectivity index (χ4v) is 4.38. The quantitative estimate of drug-likeness (QED) is 0.287. The molecule has 0 amide bonds. The first-order valence-corrected chi connectivity index (χ1v) is 12.1. The number of rotatable bonds is 8. The van der Waals surface area contributed by atoms with Crippen LogP contribution in [0, 0.1) is 7.14 Å². The number of carbonyl (C=O) groups is 2. The molecule has 31 heavy (non-hydrogen) atoms. The van der Waals surface area contributed by atoms with Crippen molar-refractivity contribution >= 4 is 11.9 Å². The van der Waals surface area contributed by atoms with Crippen LogP contribution in [0.3, 0.4) is 0 Å². The van der Waals surface area contributed by atoms with Crippen LogP contribution in [0.25, 0.3) is 0 Å². The van der Waals surface area contributed by atoms with Crippen LogP contribution < -0.4 is 25.9 Å². The van der Waals surface area contributed by atoms with Crippen molar-refractivity contribution in [1.82, 2.24) is 0 Å². The van der Waals surface area contributed by atoms with Crippen molar-refractivity contribution in [3.63, 3.8) is 0 Å². The van der Waals surface area contributed by atoms with Crippen molar-refractivity contribution in [3.05, 3.63) is 61.2 Å². The minimum atomic E-state index is -0.527. The van der Waals surface area contributed by atoms with Crippen molar-refractivity contribution in [1.29, 1.82) is 0 Å². The van der Waals surface area contributed by atoms with Gasteiger partial charge in [0.1, 0.15) is 0 Å². The first-order valence-electron chi connectivity index (χ1n) is 9.92. The van der Waals surface area contributed by atoms with Gasteiger partial charge >= 0.3 is 195 Å². The molecule has 0 saturated carbocycles. The van der Waals surface area contributed by atoms with Crippen LogP contribution in [0.5, 0.6) is 5.75 Å². The summed E-state index contributed by atoms with van der Waals surface area (Å²) in [5.74, 6) is -0.178. The second-order valence-electron chi connectivity index (χ2n) is 8.74. The minimum absolute atomic E-state index is 0.0701. The van der Waals surface area contributed by atoms with E-state index in [9.17, 15) is 9.59 Å². The molecule has 0 unspecified atom stereocenters. The zero-order valence-corrected chi connectivity index (χ0v) is 21.0. The number of benzene rings is 2. The fraction of sp³-hybridized carbons (Fsp3) is 0.417. The molecule has 2 aromatic rings. The summed E-state index contributed by atoms with van der Waals surface area (Å²) in [6, 6.07) is 15.1. The first kappa shape index (κ1) is 25.1. The van der Waals surface area contributed by atoms with Gasteiger partial charge in [0.25, 0.3) is 0 Å². The van der Waals surface area contributed by atoms with Crippen LogP contribution in [0.2, 0.25) is 0 Å². The Labute approximate surface area is 194 Å². The third-order valence-electron chi connectivity index (χ3n) is 3.57. The van der Waals surface area contributed by atoms with E-state index in [1.165, 1.54) is 7.14 Å². The molecule has 0 heterocycles. The van der Waals surface area contributed by atoms with Crippen molar-refractivity contribution in [2.24, 2.45) is 0 Å². The van der Waals surface area contributed by atoms with Gasteiger partial charge in [-0.05, 0) is 0 Å². The Hall–Kier alpha value is -2.13. The van der Waals surface area contributed by atoms with Gasteiger partial charge in [0.2, 0.25) is 0 Å². The van der Waals surface area contributed by atoms with E-state index in [4.69, 9.17) is 18.9 Å². The molecule has 7 heteroatoms. The second kappa shape index (κ2) is 10.9. The van der Waals surface area contributed by atoms with Gasteiger partial charge in [-0.1, -0.05) is 0 Å². The SMILES string of the molecule is CC(C)(C)OCOC(=O)c1ccc([I-]c2ccc(OCC(=O)OC(C)(C)C)cc2)cc1. The predicted molar refractivity (Wildman–Crippen MR) is 113 cm³/mol. The standard InChI is InChI=1S/C24H30IO6/c1-23(2,3)30-16-29-22(27)17-7-9-18(10-8-17)25-19-11-13-20(14-12-19)28-15-21(26)31-24(4,5)6/h7-14H,15-16H2,1-6H3/q-1. The van der Waals surface area contributed by atoms with Gasteiger partial charge in [-0.25, -0.2) is 0 Å². The average molecular weight is 541 g/mol. The number of ether oxygens (including phenoxy) is 4. The van der Waals surface area contributed by atoms with Gasteiger partial charge in [-0.3, -0.25) is 0 Å². The van der Waals surface area contributed by atoms with Gasteiger partial charge in [0, 0.05) is 0 Å². The first-order chi connectivity index (χ1) is 14.4. The van der Waals surface area contributed by atoms with E-state index in [0.717, 1.165) is 0 Å². The molecule has 0 aromatic heterocycles. The van der Waals surface area contributed by atoms with Gasteiger partial charge in [0.15, 0.2) is 0 Å². The molecule has 0 atom stereocenters. The van der Waals surface area contributed by atoms with Crippen LogP contribution in [0.1, 0.15) is 51.9 Å².